The molecule has 0 aliphatic carbocycles. The van der Waals surface area contributed by atoms with Crippen molar-refractivity contribution in [2.24, 2.45) is 5.14 Å². The highest BCUT2D eigenvalue weighted by Crippen LogP contribution is 2.19. The Kier molecular flexibility index (Phi) is 5.00. The molecule has 0 spiro atoms. The Labute approximate surface area is 130 Å². The largest absolute Gasteiger partial charge is 0.361 e. The Morgan fingerprint density at radius 1 is 1.41 bits per heavy atom. The molecule has 2 aromatic rings. The predicted molar refractivity (Wildman–Crippen MR) is 83.7 cm³/mol. The van der Waals surface area contributed by atoms with Gasteiger partial charge in [0.2, 0.25) is 10.0 Å². The van der Waals surface area contributed by atoms with E-state index in [1.807, 2.05) is 26.8 Å². The van der Waals surface area contributed by atoms with Crippen molar-refractivity contribution in [2.75, 3.05) is 0 Å². The van der Waals surface area contributed by atoms with Gasteiger partial charge in [-0.25, -0.2) is 13.6 Å². The highest BCUT2D eigenvalue weighted by atomic mass is 32.2. The fourth-order valence-corrected chi connectivity index (χ4v) is 2.84. The lowest BCUT2D eigenvalue weighted by atomic mass is 10.1. The first-order valence-electron chi connectivity index (χ1n) is 7.13. The molecular weight excluding hydrogens is 302 g/mol. The highest BCUT2D eigenvalue weighted by Gasteiger charge is 2.14. The van der Waals surface area contributed by atoms with Gasteiger partial charge >= 0.3 is 0 Å². The minimum Gasteiger partial charge on any atom is -0.361 e. The smallest absolute Gasteiger partial charge is 0.238 e. The van der Waals surface area contributed by atoms with Crippen molar-refractivity contribution in [3.63, 3.8) is 0 Å². The summed E-state index contributed by atoms with van der Waals surface area (Å²) in [5, 5.41) is 12.5. The number of nitrogens with two attached hydrogens (primary N) is 1. The molecule has 7 heteroatoms. The second-order valence-corrected chi connectivity index (χ2v) is 6.80. The molecule has 0 saturated carbocycles. The minimum absolute atomic E-state index is 0.0271. The molecule has 0 aliphatic rings. The van der Waals surface area contributed by atoms with Gasteiger partial charge < -0.3 is 9.84 Å². The van der Waals surface area contributed by atoms with E-state index in [1.165, 1.54) is 6.07 Å². The molecule has 0 saturated heterocycles. The summed E-state index contributed by atoms with van der Waals surface area (Å²) in [6, 6.07) is 6.61. The van der Waals surface area contributed by atoms with Crippen LogP contribution in [0.2, 0.25) is 0 Å². The summed E-state index contributed by atoms with van der Waals surface area (Å²) in [5.41, 5.74) is 2.85. The standard InChI is InChI=1S/C15H21N3O3S/c1-4-15-14(11(3)21-18-15)9-17-10(2)12-6-5-7-13(8-12)22(16,19)20/h5-8,10,17H,4,9H2,1-3H3,(H2,16,19,20). The second-order valence-electron chi connectivity index (χ2n) is 5.24. The summed E-state index contributed by atoms with van der Waals surface area (Å²) in [7, 11) is -3.69. The summed E-state index contributed by atoms with van der Waals surface area (Å²) in [6.07, 6.45) is 0.809. The average molecular weight is 323 g/mol. The fraction of sp³-hybridized carbons (Fsp3) is 0.400. The van der Waals surface area contributed by atoms with E-state index in [4.69, 9.17) is 9.66 Å². The molecule has 1 atom stereocenters. The minimum atomic E-state index is -3.69. The van der Waals surface area contributed by atoms with Crippen LogP contribution in [0.15, 0.2) is 33.7 Å². The summed E-state index contributed by atoms with van der Waals surface area (Å²) >= 11 is 0. The Morgan fingerprint density at radius 3 is 2.77 bits per heavy atom. The lowest BCUT2D eigenvalue weighted by Crippen LogP contribution is -2.20. The SMILES string of the molecule is CCc1noc(C)c1CNC(C)c1cccc(S(N)(=O)=O)c1. The van der Waals surface area contributed by atoms with E-state index < -0.39 is 10.0 Å². The van der Waals surface area contributed by atoms with Gasteiger partial charge in [-0.3, -0.25) is 0 Å². The van der Waals surface area contributed by atoms with Crippen LogP contribution in [0, 0.1) is 6.92 Å². The van der Waals surface area contributed by atoms with Crippen LogP contribution >= 0.6 is 0 Å². The van der Waals surface area contributed by atoms with Gasteiger partial charge in [-0.15, -0.1) is 0 Å². The fourth-order valence-electron chi connectivity index (χ4n) is 2.28. The van der Waals surface area contributed by atoms with E-state index in [1.54, 1.807) is 12.1 Å². The van der Waals surface area contributed by atoms with Crippen LogP contribution in [0.4, 0.5) is 0 Å². The number of primary sulfonamides is 1. The van der Waals surface area contributed by atoms with Crippen molar-refractivity contribution in [1.29, 1.82) is 0 Å². The van der Waals surface area contributed by atoms with Crippen molar-refractivity contribution in [1.82, 2.24) is 10.5 Å². The third-order valence-corrected chi connectivity index (χ3v) is 4.58. The van der Waals surface area contributed by atoms with Gasteiger partial charge in [-0.2, -0.15) is 0 Å². The van der Waals surface area contributed by atoms with Gasteiger partial charge in [0.1, 0.15) is 5.76 Å². The maximum atomic E-state index is 11.4. The van der Waals surface area contributed by atoms with Crippen molar-refractivity contribution in [3.8, 4) is 0 Å². The van der Waals surface area contributed by atoms with Crippen LogP contribution in [-0.4, -0.2) is 13.6 Å². The maximum Gasteiger partial charge on any atom is 0.238 e. The van der Waals surface area contributed by atoms with Crippen LogP contribution in [0.5, 0.6) is 0 Å². The number of aromatic nitrogens is 1. The molecule has 2 rings (SSSR count). The molecule has 0 fully saturated rings. The molecule has 120 valence electrons. The molecule has 0 amide bonds. The number of nitrogens with zero attached hydrogens (tertiary/aromatic N) is 1. The zero-order valence-corrected chi connectivity index (χ0v) is 13.8. The summed E-state index contributed by atoms with van der Waals surface area (Å²) in [6.45, 7) is 6.49. The number of sulfonamides is 1. The third kappa shape index (κ3) is 3.73. The van der Waals surface area contributed by atoms with E-state index in [0.717, 1.165) is 29.0 Å². The number of hydrogen-bond acceptors (Lipinski definition) is 5. The highest BCUT2D eigenvalue weighted by molar-refractivity contribution is 7.89. The van der Waals surface area contributed by atoms with Crippen LogP contribution in [0.25, 0.3) is 0 Å². The molecule has 1 heterocycles. The summed E-state index contributed by atoms with van der Waals surface area (Å²) in [4.78, 5) is 0.119. The van der Waals surface area contributed by atoms with Crippen molar-refractivity contribution >= 4 is 10.0 Å². The number of rotatable bonds is 6. The number of benzene rings is 1. The molecule has 22 heavy (non-hydrogen) atoms. The average Bonchev–Trinajstić information content (AvgIpc) is 2.84. The second kappa shape index (κ2) is 6.60. The van der Waals surface area contributed by atoms with Gasteiger partial charge in [0.15, 0.2) is 0 Å². The molecule has 3 N–H and O–H groups in total. The van der Waals surface area contributed by atoms with Gasteiger partial charge in [0, 0.05) is 18.2 Å². The molecule has 6 nitrogen and oxygen atoms in total. The Morgan fingerprint density at radius 2 is 2.14 bits per heavy atom. The number of aryl methyl sites for hydroxylation is 2. The Balaban J connectivity index is 2.13. The van der Waals surface area contributed by atoms with Gasteiger partial charge in [0.25, 0.3) is 0 Å². The van der Waals surface area contributed by atoms with Crippen molar-refractivity contribution < 1.29 is 12.9 Å². The zero-order chi connectivity index (χ0) is 16.3. The first-order valence-corrected chi connectivity index (χ1v) is 8.67. The van der Waals surface area contributed by atoms with Gasteiger partial charge in [-0.1, -0.05) is 24.2 Å². The quantitative estimate of drug-likeness (QED) is 0.847. The molecule has 0 bridgehead atoms. The summed E-state index contributed by atoms with van der Waals surface area (Å²) < 4.78 is 28.0. The van der Waals surface area contributed by atoms with Gasteiger partial charge in [0.05, 0.1) is 10.6 Å². The molecule has 1 unspecified atom stereocenters. The van der Waals surface area contributed by atoms with Crippen LogP contribution < -0.4 is 10.5 Å². The molecule has 0 radical (unpaired) electrons. The molecule has 0 aliphatic heterocycles. The van der Waals surface area contributed by atoms with Crippen LogP contribution in [0.3, 0.4) is 0 Å². The maximum absolute atomic E-state index is 11.4. The molecule has 1 aromatic heterocycles. The van der Waals surface area contributed by atoms with Crippen molar-refractivity contribution in [2.45, 2.75) is 44.7 Å². The van der Waals surface area contributed by atoms with Crippen LogP contribution in [0.1, 0.15) is 42.5 Å². The lowest BCUT2D eigenvalue weighted by Gasteiger charge is -2.15. The molecular formula is C15H21N3O3S. The van der Waals surface area contributed by atoms with E-state index in [2.05, 4.69) is 10.5 Å². The first-order chi connectivity index (χ1) is 10.3. The lowest BCUT2D eigenvalue weighted by molar-refractivity contribution is 0.389. The Hall–Kier alpha value is -1.70. The Bertz CT molecular complexity index is 753. The zero-order valence-electron chi connectivity index (χ0n) is 13.0. The normalized spacial score (nSPS) is 13.3. The predicted octanol–water partition coefficient (Wildman–Crippen LogP) is 2.04. The van der Waals surface area contributed by atoms with E-state index in [-0.39, 0.29) is 10.9 Å². The molecule has 1 aromatic carbocycles. The van der Waals surface area contributed by atoms with E-state index in [0.29, 0.717) is 6.54 Å². The summed E-state index contributed by atoms with van der Waals surface area (Å²) in [5.74, 6) is 0.801. The number of hydrogen-bond donors (Lipinski definition) is 2. The third-order valence-electron chi connectivity index (χ3n) is 3.67. The topological polar surface area (TPSA) is 98.2 Å². The van der Waals surface area contributed by atoms with E-state index >= 15 is 0 Å². The van der Waals surface area contributed by atoms with Gasteiger partial charge in [-0.05, 0) is 38.0 Å². The van der Waals surface area contributed by atoms with E-state index in [9.17, 15) is 8.42 Å². The van der Waals surface area contributed by atoms with Crippen LogP contribution in [-0.2, 0) is 23.0 Å². The number of nitrogens with one attached hydrogen (secondary N) is 1. The monoisotopic (exact) mass is 323 g/mol. The first kappa shape index (κ1) is 16.7. The van der Waals surface area contributed by atoms with Crippen molar-refractivity contribution in [3.05, 3.63) is 46.8 Å².